The molecule has 25 heavy (non-hydrogen) atoms. The van der Waals surface area contributed by atoms with E-state index in [4.69, 9.17) is 11.2 Å². The van der Waals surface area contributed by atoms with E-state index in [0.717, 1.165) is 55.4 Å². The van der Waals surface area contributed by atoms with Crippen molar-refractivity contribution in [3.63, 3.8) is 0 Å². The van der Waals surface area contributed by atoms with E-state index < -0.39 is 5.54 Å². The van der Waals surface area contributed by atoms with Crippen molar-refractivity contribution in [1.29, 1.82) is 0 Å². The zero-order valence-corrected chi connectivity index (χ0v) is 16.5. The van der Waals surface area contributed by atoms with Gasteiger partial charge < -0.3 is 14.6 Å². The van der Waals surface area contributed by atoms with Gasteiger partial charge in [0.05, 0.1) is 24.1 Å². The van der Waals surface area contributed by atoms with E-state index in [1.807, 2.05) is 20.8 Å². The van der Waals surface area contributed by atoms with Crippen molar-refractivity contribution in [2.45, 2.75) is 76.7 Å². The van der Waals surface area contributed by atoms with Gasteiger partial charge in [-0.25, -0.2) is 4.98 Å². The Balaban J connectivity index is 2.01. The smallest absolute Gasteiger partial charge is 0.231 e. The SMILES string of the molecule is C#CC(CC)(CC)NC(=O)CSc1nc(C)c(C)n1C[C@@H]1CCCO1. The second-order valence-corrected chi connectivity index (χ2v) is 7.52. The summed E-state index contributed by atoms with van der Waals surface area (Å²) < 4.78 is 7.93. The third-order valence-electron chi connectivity index (χ3n) is 5.03. The van der Waals surface area contributed by atoms with Crippen molar-refractivity contribution < 1.29 is 9.53 Å². The lowest BCUT2D eigenvalue weighted by molar-refractivity contribution is -0.119. The van der Waals surface area contributed by atoms with E-state index in [2.05, 4.69) is 27.7 Å². The van der Waals surface area contributed by atoms with Crippen molar-refractivity contribution in [1.82, 2.24) is 14.9 Å². The van der Waals surface area contributed by atoms with Gasteiger partial charge in [0.15, 0.2) is 5.16 Å². The van der Waals surface area contributed by atoms with Crippen LogP contribution in [0.3, 0.4) is 0 Å². The number of nitrogens with zero attached hydrogens (tertiary/aromatic N) is 2. The molecular formula is C19H29N3O2S. The van der Waals surface area contributed by atoms with Crippen LogP contribution < -0.4 is 5.32 Å². The first-order valence-electron chi connectivity index (χ1n) is 9.01. The first kappa shape index (κ1) is 19.9. The summed E-state index contributed by atoms with van der Waals surface area (Å²) in [6, 6.07) is 0. The monoisotopic (exact) mass is 363 g/mol. The number of hydrogen-bond acceptors (Lipinski definition) is 4. The van der Waals surface area contributed by atoms with Crippen molar-refractivity contribution in [2.75, 3.05) is 12.4 Å². The minimum atomic E-state index is -0.545. The molecule has 2 rings (SSSR count). The molecular weight excluding hydrogens is 334 g/mol. The first-order chi connectivity index (χ1) is 11.9. The maximum Gasteiger partial charge on any atom is 0.231 e. The Morgan fingerprint density at radius 2 is 2.20 bits per heavy atom. The topological polar surface area (TPSA) is 56.2 Å². The third-order valence-corrected chi connectivity index (χ3v) is 6.00. The van der Waals surface area contributed by atoms with Gasteiger partial charge in [-0.1, -0.05) is 31.5 Å². The predicted octanol–water partition coefficient (Wildman–Crippen LogP) is 3.08. The largest absolute Gasteiger partial charge is 0.376 e. The molecule has 138 valence electrons. The van der Waals surface area contributed by atoms with E-state index in [1.54, 1.807) is 0 Å². The second-order valence-electron chi connectivity index (χ2n) is 6.58. The highest BCUT2D eigenvalue weighted by Crippen LogP contribution is 2.24. The predicted molar refractivity (Wildman–Crippen MR) is 102 cm³/mol. The van der Waals surface area contributed by atoms with Gasteiger partial charge in [-0.05, 0) is 39.5 Å². The minimum Gasteiger partial charge on any atom is -0.376 e. The van der Waals surface area contributed by atoms with E-state index in [9.17, 15) is 4.79 Å². The molecule has 0 aliphatic carbocycles. The number of thioether (sulfide) groups is 1. The van der Waals surface area contributed by atoms with Crippen molar-refractivity contribution in [2.24, 2.45) is 0 Å². The number of amides is 1. The summed E-state index contributed by atoms with van der Waals surface area (Å²) in [5, 5.41) is 3.88. The molecule has 0 unspecified atom stereocenters. The van der Waals surface area contributed by atoms with Crippen LogP contribution in [0.1, 0.15) is 50.9 Å². The number of aryl methyl sites for hydroxylation is 1. The van der Waals surface area contributed by atoms with Gasteiger partial charge >= 0.3 is 0 Å². The van der Waals surface area contributed by atoms with Gasteiger partial charge in [-0.2, -0.15) is 0 Å². The number of nitrogens with one attached hydrogen (secondary N) is 1. The molecule has 2 heterocycles. The van der Waals surface area contributed by atoms with Crippen molar-refractivity contribution >= 4 is 17.7 Å². The zero-order chi connectivity index (χ0) is 18.4. The van der Waals surface area contributed by atoms with Crippen LogP contribution in [0.4, 0.5) is 0 Å². The van der Waals surface area contributed by atoms with Crippen LogP contribution >= 0.6 is 11.8 Å². The third kappa shape index (κ3) is 4.80. The average Bonchev–Trinajstić information content (AvgIpc) is 3.22. The molecule has 1 aromatic heterocycles. The molecule has 0 radical (unpaired) electrons. The molecule has 1 atom stereocenters. The Morgan fingerprint density at radius 1 is 1.48 bits per heavy atom. The maximum atomic E-state index is 12.4. The van der Waals surface area contributed by atoms with Crippen LogP contribution in [-0.2, 0) is 16.1 Å². The fraction of sp³-hybridized carbons (Fsp3) is 0.684. The van der Waals surface area contributed by atoms with Crippen LogP contribution in [0.15, 0.2) is 5.16 Å². The summed E-state index contributed by atoms with van der Waals surface area (Å²) in [6.45, 7) is 9.71. The Kier molecular flexibility index (Phi) is 6.97. The minimum absolute atomic E-state index is 0.0476. The summed E-state index contributed by atoms with van der Waals surface area (Å²) in [7, 11) is 0. The number of ether oxygens (including phenoxy) is 1. The zero-order valence-electron chi connectivity index (χ0n) is 15.7. The van der Waals surface area contributed by atoms with E-state index >= 15 is 0 Å². The molecule has 0 aromatic carbocycles. The molecule has 1 aliphatic rings. The molecule has 0 spiro atoms. The molecule has 1 N–H and O–H groups in total. The summed E-state index contributed by atoms with van der Waals surface area (Å²) in [4.78, 5) is 17.0. The summed E-state index contributed by atoms with van der Waals surface area (Å²) in [5.74, 6) is 3.00. The van der Waals surface area contributed by atoms with E-state index in [0.29, 0.717) is 5.75 Å². The van der Waals surface area contributed by atoms with Crippen LogP contribution in [0, 0.1) is 26.2 Å². The molecule has 0 saturated carbocycles. The highest BCUT2D eigenvalue weighted by Gasteiger charge is 2.26. The van der Waals surface area contributed by atoms with Crippen LogP contribution in [-0.4, -0.2) is 39.5 Å². The number of carbonyl (C=O) groups excluding carboxylic acids is 1. The lowest BCUT2D eigenvalue weighted by Crippen LogP contribution is -2.47. The number of aromatic nitrogens is 2. The van der Waals surface area contributed by atoms with Gasteiger partial charge in [-0.3, -0.25) is 4.79 Å². The highest BCUT2D eigenvalue weighted by atomic mass is 32.2. The van der Waals surface area contributed by atoms with E-state index in [1.165, 1.54) is 11.8 Å². The quantitative estimate of drug-likeness (QED) is 0.570. The van der Waals surface area contributed by atoms with Crippen LogP contribution in [0.25, 0.3) is 0 Å². The lowest BCUT2D eigenvalue weighted by atomic mass is 9.94. The Morgan fingerprint density at radius 3 is 2.76 bits per heavy atom. The van der Waals surface area contributed by atoms with E-state index in [-0.39, 0.29) is 12.0 Å². The molecule has 0 bridgehead atoms. The fourth-order valence-corrected chi connectivity index (χ4v) is 3.94. The Hall–Kier alpha value is -1.45. The van der Waals surface area contributed by atoms with Gasteiger partial charge in [0.1, 0.15) is 5.54 Å². The normalized spacial score (nSPS) is 17.5. The van der Waals surface area contributed by atoms with Gasteiger partial charge in [-0.15, -0.1) is 6.42 Å². The molecule has 1 fully saturated rings. The standard InChI is InChI=1S/C19H29N3O2S/c1-6-19(7-2,8-3)21-17(23)13-25-18-20-14(4)15(5)22(18)12-16-10-9-11-24-16/h1,16H,7-13H2,2-5H3,(H,21,23)/t16-/m0/s1. The molecule has 6 heteroatoms. The molecule has 1 amide bonds. The Labute approximate surface area is 155 Å². The van der Waals surface area contributed by atoms with Crippen LogP contribution in [0.5, 0.6) is 0 Å². The second kappa shape index (κ2) is 8.77. The average molecular weight is 364 g/mol. The van der Waals surface area contributed by atoms with Gasteiger partial charge in [0, 0.05) is 12.3 Å². The lowest BCUT2D eigenvalue weighted by Gasteiger charge is -2.26. The van der Waals surface area contributed by atoms with Gasteiger partial charge in [0.25, 0.3) is 0 Å². The number of imidazole rings is 1. The number of terminal acetylenes is 1. The number of rotatable bonds is 8. The molecule has 5 nitrogen and oxygen atoms in total. The molecule has 1 aliphatic heterocycles. The highest BCUT2D eigenvalue weighted by molar-refractivity contribution is 7.99. The fourth-order valence-electron chi connectivity index (χ4n) is 3.04. The molecule has 1 saturated heterocycles. The van der Waals surface area contributed by atoms with Crippen molar-refractivity contribution in [3.05, 3.63) is 11.4 Å². The molecule has 1 aromatic rings. The number of hydrogen-bond donors (Lipinski definition) is 1. The summed E-state index contributed by atoms with van der Waals surface area (Å²) >= 11 is 1.46. The number of carbonyl (C=O) groups is 1. The van der Waals surface area contributed by atoms with Crippen LogP contribution in [0.2, 0.25) is 0 Å². The Bertz CT molecular complexity index is 638. The first-order valence-corrected chi connectivity index (χ1v) is 10.00. The summed E-state index contributed by atoms with van der Waals surface area (Å²) in [5.41, 5.74) is 1.59. The van der Waals surface area contributed by atoms with Crippen molar-refractivity contribution in [3.8, 4) is 12.3 Å². The maximum absolute atomic E-state index is 12.4. The summed E-state index contributed by atoms with van der Waals surface area (Å²) in [6.07, 6.45) is 9.51. The van der Waals surface area contributed by atoms with Gasteiger partial charge in [0.2, 0.25) is 5.91 Å².